The van der Waals surface area contributed by atoms with E-state index in [-0.39, 0.29) is 5.41 Å². The number of fused-ring (bicyclic) bond motifs is 8. The van der Waals surface area contributed by atoms with E-state index in [2.05, 4.69) is 147 Å². The fourth-order valence-corrected chi connectivity index (χ4v) is 8.31. The van der Waals surface area contributed by atoms with Gasteiger partial charge in [-0.15, -0.1) is 0 Å². The van der Waals surface area contributed by atoms with E-state index in [0.29, 0.717) is 6.04 Å². The minimum Gasteiger partial charge on any atom is -0.455 e. The second kappa shape index (κ2) is 10.0. The van der Waals surface area contributed by atoms with Crippen molar-refractivity contribution in [3.63, 3.8) is 0 Å². The first kappa shape index (κ1) is 26.2. The third kappa shape index (κ3) is 3.79. The molecule has 0 aliphatic heterocycles. The van der Waals surface area contributed by atoms with Gasteiger partial charge in [-0.2, -0.15) is 0 Å². The van der Waals surface area contributed by atoms with Gasteiger partial charge in [0, 0.05) is 27.3 Å². The highest BCUT2D eigenvalue weighted by atomic mass is 16.3. The molecule has 0 radical (unpaired) electrons. The Morgan fingerprint density at radius 3 is 2.00 bits per heavy atom. The number of rotatable bonds is 3. The fraction of sp³-hybridized carbons (Fsp3) is 0.0638. The maximum Gasteiger partial charge on any atom is 0.144 e. The van der Waals surface area contributed by atoms with Crippen LogP contribution >= 0.6 is 0 Å². The molecule has 0 atom stereocenters. The molecule has 0 saturated carbocycles. The molecule has 0 unspecified atom stereocenters. The lowest BCUT2D eigenvalue weighted by Crippen LogP contribution is -2.14. The van der Waals surface area contributed by atoms with Crippen molar-refractivity contribution in [3.8, 4) is 44.5 Å². The van der Waals surface area contributed by atoms with Crippen molar-refractivity contribution in [3.05, 3.63) is 169 Å². The second-order valence-electron chi connectivity index (χ2n) is 13.6. The van der Waals surface area contributed by atoms with Crippen molar-refractivity contribution < 1.29 is 5.79 Å². The van der Waals surface area contributed by atoms with Gasteiger partial charge in [-0.3, -0.25) is 0 Å². The van der Waals surface area contributed by atoms with Crippen LogP contribution in [-0.4, -0.2) is 0 Å². The van der Waals surface area contributed by atoms with Gasteiger partial charge in [-0.25, -0.2) is 0 Å². The summed E-state index contributed by atoms with van der Waals surface area (Å²) in [5, 5.41) is 6.92. The van der Waals surface area contributed by atoms with Gasteiger partial charge >= 0.3 is 0 Å². The summed E-state index contributed by atoms with van der Waals surface area (Å²) in [7, 11) is 0. The summed E-state index contributed by atoms with van der Waals surface area (Å²) in [4.78, 5) is 0. The Balaban J connectivity index is 1.25. The molecule has 1 heterocycles. The Bertz CT molecular complexity index is 2800. The molecule has 1 aromatic heterocycles. The Hall–Kier alpha value is -5.92. The predicted molar refractivity (Wildman–Crippen MR) is 203 cm³/mol. The van der Waals surface area contributed by atoms with Crippen molar-refractivity contribution in [1.82, 2.24) is 0 Å². The molecule has 1 aliphatic rings. The van der Waals surface area contributed by atoms with E-state index >= 15 is 0 Å². The molecule has 48 heavy (non-hydrogen) atoms. The largest absolute Gasteiger partial charge is 0.455 e. The van der Waals surface area contributed by atoms with Crippen molar-refractivity contribution in [2.24, 2.45) is 0 Å². The Morgan fingerprint density at radius 2 is 1.15 bits per heavy atom. The predicted octanol–water partition coefficient (Wildman–Crippen LogP) is 13.2. The van der Waals surface area contributed by atoms with Crippen molar-refractivity contribution >= 4 is 43.5 Å². The summed E-state index contributed by atoms with van der Waals surface area (Å²) in [6.07, 6.45) is 0. The van der Waals surface area contributed by atoms with Crippen molar-refractivity contribution in [2.75, 3.05) is 0 Å². The van der Waals surface area contributed by atoms with Crippen LogP contribution < -0.4 is 0 Å². The van der Waals surface area contributed by atoms with Crippen LogP contribution in [0.15, 0.2) is 162 Å². The van der Waals surface area contributed by atoms with Gasteiger partial charge in [-0.05, 0) is 78.2 Å². The highest BCUT2D eigenvalue weighted by molar-refractivity contribution is 6.27. The van der Waals surface area contributed by atoms with Gasteiger partial charge in [0.05, 0.1) is 1.37 Å². The standard InChI is InChI=1S/C47H32O/c1-47(2)39-19-9-7-16-36(39)43-38(18-11-20-40(43)47)44-35-15-6-5-14-34(35)42(46-45(44)37-17-8-10-21-41(37)48-46)31-25-22-30(23-26-31)33-27-24-29-12-3-4-13-32(29)28-33/h3-28H,1-2H3/i3D. The molecular weight excluding hydrogens is 581 g/mol. The molecule has 0 saturated heterocycles. The van der Waals surface area contributed by atoms with Crippen LogP contribution in [0.5, 0.6) is 0 Å². The van der Waals surface area contributed by atoms with Crippen LogP contribution in [0.2, 0.25) is 0 Å². The van der Waals surface area contributed by atoms with E-state index in [1.165, 1.54) is 44.2 Å². The SMILES string of the molecule is [2H]c1ccc2cc(-c3ccc(-c4c5ccccc5c(-c5cccc6c5-c5ccccc5C6(C)C)c5c4oc4ccccc45)cc3)ccc2c1. The van der Waals surface area contributed by atoms with E-state index in [4.69, 9.17) is 5.79 Å². The van der Waals surface area contributed by atoms with Crippen molar-refractivity contribution in [1.29, 1.82) is 0 Å². The molecule has 8 aromatic carbocycles. The van der Waals surface area contributed by atoms with Gasteiger partial charge in [0.15, 0.2) is 0 Å². The Kier molecular flexibility index (Phi) is 5.48. The summed E-state index contributed by atoms with van der Waals surface area (Å²) < 4.78 is 14.9. The topological polar surface area (TPSA) is 13.1 Å². The van der Waals surface area contributed by atoms with Crippen LogP contribution in [-0.2, 0) is 5.41 Å². The molecule has 0 amide bonds. The smallest absolute Gasteiger partial charge is 0.144 e. The molecule has 0 N–H and O–H groups in total. The van der Waals surface area contributed by atoms with Crippen molar-refractivity contribution in [2.45, 2.75) is 19.3 Å². The van der Waals surface area contributed by atoms with Crippen LogP contribution in [0.4, 0.5) is 0 Å². The lowest BCUT2D eigenvalue weighted by Gasteiger charge is -2.22. The zero-order valence-corrected chi connectivity index (χ0v) is 26.8. The van der Waals surface area contributed by atoms with E-state index < -0.39 is 0 Å². The number of benzene rings is 8. The molecule has 1 heteroatoms. The Labute approximate surface area is 281 Å². The van der Waals surface area contributed by atoms with E-state index in [1.54, 1.807) is 0 Å². The quantitative estimate of drug-likeness (QED) is 0.193. The van der Waals surface area contributed by atoms with Gasteiger partial charge < -0.3 is 4.42 Å². The van der Waals surface area contributed by atoms with Crippen LogP contribution in [0.3, 0.4) is 0 Å². The number of furan rings is 1. The maximum absolute atomic E-state index is 7.98. The normalized spacial score (nSPS) is 13.7. The van der Waals surface area contributed by atoms with Crippen LogP contribution in [0.1, 0.15) is 26.3 Å². The average Bonchev–Trinajstić information content (AvgIpc) is 3.63. The molecule has 1 nitrogen and oxygen atoms in total. The molecule has 0 fully saturated rings. The van der Waals surface area contributed by atoms with E-state index in [1.807, 2.05) is 18.2 Å². The Morgan fingerprint density at radius 1 is 0.479 bits per heavy atom. The number of hydrogen-bond acceptors (Lipinski definition) is 1. The minimum absolute atomic E-state index is 0.0907. The first-order valence-corrected chi connectivity index (χ1v) is 16.7. The third-order valence-corrected chi connectivity index (χ3v) is 10.6. The highest BCUT2D eigenvalue weighted by Crippen LogP contribution is 2.55. The zero-order chi connectivity index (χ0) is 32.9. The van der Waals surface area contributed by atoms with Gasteiger partial charge in [-0.1, -0.05) is 159 Å². The average molecular weight is 614 g/mol. The fourth-order valence-electron chi connectivity index (χ4n) is 8.31. The molecule has 9 aromatic rings. The summed E-state index contributed by atoms with van der Waals surface area (Å²) >= 11 is 0. The molecule has 10 rings (SSSR count). The lowest BCUT2D eigenvalue weighted by molar-refractivity contribution is 0.660. The van der Waals surface area contributed by atoms with Gasteiger partial charge in [0.25, 0.3) is 0 Å². The van der Waals surface area contributed by atoms with Crippen LogP contribution in [0.25, 0.3) is 88.0 Å². The molecule has 0 bridgehead atoms. The molecule has 0 spiro atoms. The molecular formula is C47H32O. The van der Waals surface area contributed by atoms with E-state index in [9.17, 15) is 0 Å². The summed E-state index contributed by atoms with van der Waals surface area (Å²) in [6.45, 7) is 4.70. The zero-order valence-electron chi connectivity index (χ0n) is 27.8. The lowest BCUT2D eigenvalue weighted by atomic mass is 9.81. The summed E-state index contributed by atoms with van der Waals surface area (Å²) in [5.41, 5.74) is 14.1. The highest BCUT2D eigenvalue weighted by Gasteiger charge is 2.37. The minimum atomic E-state index is -0.0907. The molecule has 1 aliphatic carbocycles. The van der Waals surface area contributed by atoms with Gasteiger partial charge in [0.2, 0.25) is 0 Å². The van der Waals surface area contributed by atoms with E-state index in [0.717, 1.165) is 55.0 Å². The molecule has 226 valence electrons. The number of hydrogen-bond donors (Lipinski definition) is 0. The first-order valence-electron chi connectivity index (χ1n) is 17.2. The third-order valence-electron chi connectivity index (χ3n) is 10.6. The summed E-state index contributed by atoms with van der Waals surface area (Å²) in [5.74, 6) is 0. The van der Waals surface area contributed by atoms with Gasteiger partial charge in [0.1, 0.15) is 11.2 Å². The van der Waals surface area contributed by atoms with Crippen LogP contribution in [0, 0.1) is 0 Å². The number of para-hydroxylation sites is 1. The monoisotopic (exact) mass is 613 g/mol. The first-order chi connectivity index (χ1) is 24.0. The summed E-state index contributed by atoms with van der Waals surface area (Å²) in [6, 6.07) is 54.8. The maximum atomic E-state index is 7.98. The second-order valence-corrected chi connectivity index (χ2v) is 13.6.